The average molecular weight is 347 g/mol. The van der Waals surface area contributed by atoms with Gasteiger partial charge in [0.1, 0.15) is 0 Å². The van der Waals surface area contributed by atoms with E-state index in [1.165, 1.54) is 30.8 Å². The van der Waals surface area contributed by atoms with Crippen LogP contribution in [0.5, 0.6) is 0 Å². The minimum absolute atomic E-state index is 0.277. The molecule has 0 saturated carbocycles. The molecule has 0 aliphatic carbocycles. The van der Waals surface area contributed by atoms with Gasteiger partial charge in [0.15, 0.2) is 5.78 Å². The molecule has 4 rings (SSSR count). The van der Waals surface area contributed by atoms with Gasteiger partial charge >= 0.3 is 0 Å². The SMILES string of the molecule is O=C(CC1CCC[N+]2=C(C1)NCCC2)c1ccc(-c2ccccc2)cc1. The molecule has 0 amide bonds. The number of ketones is 1. The van der Waals surface area contributed by atoms with E-state index in [-0.39, 0.29) is 5.78 Å². The molecule has 1 atom stereocenters. The zero-order valence-corrected chi connectivity index (χ0v) is 15.3. The van der Waals surface area contributed by atoms with Gasteiger partial charge in [0, 0.05) is 18.4 Å². The van der Waals surface area contributed by atoms with Gasteiger partial charge in [0.25, 0.3) is 0 Å². The summed E-state index contributed by atoms with van der Waals surface area (Å²) in [4.78, 5) is 12.8. The lowest BCUT2D eigenvalue weighted by molar-refractivity contribution is -0.534. The summed E-state index contributed by atoms with van der Waals surface area (Å²) in [5, 5.41) is 3.56. The van der Waals surface area contributed by atoms with Crippen LogP contribution in [-0.4, -0.2) is 35.8 Å². The smallest absolute Gasteiger partial charge is 0.244 e. The Morgan fingerprint density at radius 3 is 2.50 bits per heavy atom. The maximum atomic E-state index is 12.8. The zero-order chi connectivity index (χ0) is 17.8. The molecule has 2 aliphatic rings. The van der Waals surface area contributed by atoms with Gasteiger partial charge in [0.05, 0.1) is 26.1 Å². The lowest BCUT2D eigenvalue weighted by Gasteiger charge is -2.17. The minimum atomic E-state index is 0.277. The summed E-state index contributed by atoms with van der Waals surface area (Å²) in [5.41, 5.74) is 3.19. The molecule has 3 nitrogen and oxygen atoms in total. The minimum Gasteiger partial charge on any atom is -0.294 e. The van der Waals surface area contributed by atoms with E-state index in [2.05, 4.69) is 34.2 Å². The van der Waals surface area contributed by atoms with Crippen LogP contribution in [0, 0.1) is 5.92 Å². The van der Waals surface area contributed by atoms with E-state index in [0.717, 1.165) is 37.1 Å². The summed E-state index contributed by atoms with van der Waals surface area (Å²) < 4.78 is 2.49. The van der Waals surface area contributed by atoms with E-state index in [1.807, 2.05) is 30.3 Å². The second-order valence-electron chi connectivity index (χ2n) is 7.50. The van der Waals surface area contributed by atoms with E-state index in [0.29, 0.717) is 12.3 Å². The molecular weight excluding hydrogens is 320 g/mol. The molecule has 26 heavy (non-hydrogen) atoms. The number of rotatable bonds is 4. The third-order valence-corrected chi connectivity index (χ3v) is 5.63. The second kappa shape index (κ2) is 7.86. The van der Waals surface area contributed by atoms with Gasteiger partial charge in [-0.2, -0.15) is 0 Å². The van der Waals surface area contributed by atoms with Gasteiger partial charge in [-0.05, 0) is 29.9 Å². The molecule has 1 N–H and O–H groups in total. The molecule has 2 heterocycles. The van der Waals surface area contributed by atoms with Gasteiger partial charge in [0.2, 0.25) is 5.84 Å². The van der Waals surface area contributed by atoms with Gasteiger partial charge < -0.3 is 0 Å². The molecule has 2 aromatic rings. The van der Waals surface area contributed by atoms with Crippen LogP contribution in [0.3, 0.4) is 0 Å². The normalized spacial score (nSPS) is 20.1. The van der Waals surface area contributed by atoms with Crippen molar-refractivity contribution < 1.29 is 9.37 Å². The van der Waals surface area contributed by atoms with Gasteiger partial charge in [-0.15, -0.1) is 0 Å². The van der Waals surface area contributed by atoms with Crippen molar-refractivity contribution in [1.82, 2.24) is 5.32 Å². The number of carbonyl (C=O) groups is 1. The Kier molecular flexibility index (Phi) is 5.14. The zero-order valence-electron chi connectivity index (χ0n) is 15.3. The number of nitrogens with zero attached hydrogens (tertiary/aromatic N) is 1. The van der Waals surface area contributed by atoms with Crippen LogP contribution >= 0.6 is 0 Å². The quantitative estimate of drug-likeness (QED) is 0.666. The number of hydrogen-bond donors (Lipinski definition) is 1. The Hall–Kier alpha value is -2.42. The maximum Gasteiger partial charge on any atom is 0.244 e. The Balaban J connectivity index is 1.42. The van der Waals surface area contributed by atoms with E-state index >= 15 is 0 Å². The highest BCUT2D eigenvalue weighted by Crippen LogP contribution is 2.24. The van der Waals surface area contributed by atoms with Crippen molar-refractivity contribution in [2.45, 2.75) is 32.1 Å². The van der Waals surface area contributed by atoms with Crippen molar-refractivity contribution in [1.29, 1.82) is 0 Å². The van der Waals surface area contributed by atoms with Crippen molar-refractivity contribution in [3.63, 3.8) is 0 Å². The molecule has 0 fully saturated rings. The first-order valence-electron chi connectivity index (χ1n) is 9.83. The van der Waals surface area contributed by atoms with Crippen LogP contribution in [-0.2, 0) is 0 Å². The van der Waals surface area contributed by atoms with E-state index in [4.69, 9.17) is 0 Å². The van der Waals surface area contributed by atoms with Crippen molar-refractivity contribution >= 4 is 11.6 Å². The van der Waals surface area contributed by atoms with Crippen LogP contribution in [0.4, 0.5) is 0 Å². The topological polar surface area (TPSA) is 32.1 Å². The van der Waals surface area contributed by atoms with E-state index in [1.54, 1.807) is 0 Å². The van der Waals surface area contributed by atoms with Crippen molar-refractivity contribution in [2.24, 2.45) is 5.92 Å². The number of nitrogens with one attached hydrogen (secondary N) is 1. The highest BCUT2D eigenvalue weighted by atomic mass is 16.1. The van der Waals surface area contributed by atoms with Crippen LogP contribution in [0.25, 0.3) is 11.1 Å². The fourth-order valence-corrected chi connectivity index (χ4v) is 4.18. The number of hydrogen-bond acceptors (Lipinski definition) is 2. The Morgan fingerprint density at radius 1 is 0.962 bits per heavy atom. The molecule has 1 unspecified atom stereocenters. The second-order valence-corrected chi connectivity index (χ2v) is 7.50. The molecule has 0 radical (unpaired) electrons. The third kappa shape index (κ3) is 3.87. The molecule has 0 saturated heterocycles. The number of Topliss-reactive ketones (excluding diaryl/α,β-unsaturated/α-hetero) is 1. The molecule has 3 heteroatoms. The van der Waals surface area contributed by atoms with Crippen LogP contribution in [0.1, 0.15) is 42.5 Å². The fourth-order valence-electron chi connectivity index (χ4n) is 4.18. The highest BCUT2D eigenvalue weighted by molar-refractivity contribution is 5.97. The Labute approximate surface area is 155 Å². The summed E-state index contributed by atoms with van der Waals surface area (Å²) in [5.74, 6) is 2.10. The fraction of sp³-hybridized carbons (Fsp3) is 0.391. The molecule has 2 aromatic carbocycles. The lowest BCUT2D eigenvalue weighted by atomic mass is 9.91. The largest absolute Gasteiger partial charge is 0.294 e. The molecule has 0 aromatic heterocycles. The van der Waals surface area contributed by atoms with Crippen molar-refractivity contribution in [3.8, 4) is 11.1 Å². The Morgan fingerprint density at radius 2 is 1.69 bits per heavy atom. The number of amidine groups is 1. The summed E-state index contributed by atoms with van der Waals surface area (Å²) in [6.07, 6.45) is 5.24. The predicted molar refractivity (Wildman–Crippen MR) is 106 cm³/mol. The molecular formula is C23H27N2O+. The molecule has 0 bridgehead atoms. The lowest BCUT2D eigenvalue weighted by Crippen LogP contribution is -2.40. The van der Waals surface area contributed by atoms with E-state index in [9.17, 15) is 4.79 Å². The first kappa shape index (κ1) is 17.0. The van der Waals surface area contributed by atoms with Crippen LogP contribution in [0.2, 0.25) is 0 Å². The predicted octanol–water partition coefficient (Wildman–Crippen LogP) is 4.13. The summed E-state index contributed by atoms with van der Waals surface area (Å²) in [6, 6.07) is 18.4. The molecule has 0 spiro atoms. The van der Waals surface area contributed by atoms with E-state index < -0.39 is 0 Å². The Bertz CT molecular complexity index is 793. The summed E-state index contributed by atoms with van der Waals surface area (Å²) >= 11 is 0. The summed E-state index contributed by atoms with van der Waals surface area (Å²) in [6.45, 7) is 3.39. The standard InChI is InChI=1S/C23H26N2O/c26-22(16-18-6-4-14-25-15-5-13-24-23(25)17-18)21-11-9-20(10-12-21)19-7-2-1-3-8-19/h1-3,7-12,18H,4-6,13-17H2/p+1. The number of carbonyl (C=O) groups excluding carboxylic acids is 1. The van der Waals surface area contributed by atoms with Gasteiger partial charge in [-0.1, -0.05) is 54.6 Å². The van der Waals surface area contributed by atoms with Gasteiger partial charge in [-0.3, -0.25) is 14.7 Å². The number of benzene rings is 2. The first-order valence-corrected chi connectivity index (χ1v) is 9.83. The third-order valence-electron chi connectivity index (χ3n) is 5.63. The van der Waals surface area contributed by atoms with Crippen molar-refractivity contribution in [2.75, 3.05) is 19.6 Å². The highest BCUT2D eigenvalue weighted by Gasteiger charge is 2.27. The summed E-state index contributed by atoms with van der Waals surface area (Å²) in [7, 11) is 0. The molecule has 2 aliphatic heterocycles. The maximum absolute atomic E-state index is 12.8. The van der Waals surface area contributed by atoms with Crippen molar-refractivity contribution in [3.05, 3.63) is 60.2 Å². The molecule has 134 valence electrons. The van der Waals surface area contributed by atoms with Gasteiger partial charge in [-0.25, -0.2) is 0 Å². The van der Waals surface area contributed by atoms with Crippen LogP contribution in [0.15, 0.2) is 54.6 Å². The monoisotopic (exact) mass is 347 g/mol. The average Bonchev–Trinajstić information content (AvgIpc) is 2.90. The van der Waals surface area contributed by atoms with Crippen LogP contribution < -0.4 is 5.32 Å². The first-order chi connectivity index (χ1) is 12.8.